The largest absolute Gasteiger partial charge is 0.227 e. The smallest absolute Gasteiger partial charge is 0.0915 e. The average molecular weight is 479 g/mol. The Morgan fingerprint density at radius 2 is 0.750 bits per heavy atom. The van der Waals surface area contributed by atoms with Crippen molar-refractivity contribution in [2.24, 2.45) is 0 Å². The lowest BCUT2D eigenvalue weighted by Crippen LogP contribution is -2.35. The third-order valence-electron chi connectivity index (χ3n) is 2.32. The van der Waals surface area contributed by atoms with Gasteiger partial charge in [-0.2, -0.15) is 0 Å². The Morgan fingerprint density at radius 1 is 0.500 bits per heavy atom. The third-order valence-corrected chi connectivity index (χ3v) is 7.13. The molecule has 0 aliphatic rings. The van der Waals surface area contributed by atoms with Crippen LogP contribution in [0.2, 0.25) is 0 Å². The van der Waals surface area contributed by atoms with Crippen LogP contribution in [0.1, 0.15) is 11.1 Å². The molecule has 1 aromatic carbocycles. The molecule has 0 spiro atoms. The normalized spacial score (nSPS) is 14.5. The van der Waals surface area contributed by atoms with E-state index in [4.69, 9.17) is 116 Å². The Labute approximate surface area is 166 Å². The third kappa shape index (κ3) is 3.96. The Kier molecular flexibility index (Phi) is 6.61. The summed E-state index contributed by atoms with van der Waals surface area (Å²) in [6.45, 7) is 0. The summed E-state index contributed by atoms with van der Waals surface area (Å²) in [5.74, 6) is 0. The van der Waals surface area contributed by atoms with Crippen molar-refractivity contribution in [1.82, 2.24) is 0 Å². The van der Waals surface area contributed by atoms with Gasteiger partial charge in [0.05, 0.1) is 0 Å². The van der Waals surface area contributed by atoms with Crippen molar-refractivity contribution in [3.8, 4) is 0 Å². The molecule has 0 aliphatic heterocycles. The lowest BCUT2D eigenvalue weighted by Gasteiger charge is -2.35. The van der Waals surface area contributed by atoms with Gasteiger partial charge in [0.2, 0.25) is 7.59 Å². The van der Waals surface area contributed by atoms with E-state index in [1.165, 1.54) is 12.1 Å². The van der Waals surface area contributed by atoms with Gasteiger partial charge in [0.15, 0.2) is 8.67 Å². The number of benzene rings is 1. The molecule has 0 saturated carbocycles. The summed E-state index contributed by atoms with van der Waals surface area (Å²) in [7, 11) is 0. The van der Waals surface area contributed by atoms with Gasteiger partial charge >= 0.3 is 0 Å². The van der Waals surface area contributed by atoms with Crippen molar-refractivity contribution < 1.29 is 0 Å². The highest BCUT2D eigenvalue weighted by Crippen LogP contribution is 2.59. The summed E-state index contributed by atoms with van der Waals surface area (Å²) >= 11 is 59.2. The molecular formula is C10H4Cl10. The SMILES string of the molecule is ClC(Cl)(Cl)C(Cl)(Cl)c1ccccc1C(Cl)(Cl)C(Cl)(Cl)Cl. The molecule has 1 aromatic rings. The topological polar surface area (TPSA) is 0 Å². The van der Waals surface area contributed by atoms with Crippen LogP contribution in [0.15, 0.2) is 24.3 Å². The number of alkyl halides is 10. The van der Waals surface area contributed by atoms with E-state index in [0.29, 0.717) is 0 Å². The van der Waals surface area contributed by atoms with E-state index in [0.717, 1.165) is 0 Å². The summed E-state index contributed by atoms with van der Waals surface area (Å²) < 4.78 is -8.05. The molecule has 0 nitrogen and oxygen atoms in total. The highest BCUT2D eigenvalue weighted by atomic mass is 35.6. The van der Waals surface area contributed by atoms with Gasteiger partial charge in [-0.15, -0.1) is 0 Å². The second-order valence-corrected chi connectivity index (χ2v) is 10.9. The summed E-state index contributed by atoms with van der Waals surface area (Å²) in [6, 6.07) is 6.12. The zero-order chi connectivity index (χ0) is 16.0. The van der Waals surface area contributed by atoms with Crippen LogP contribution >= 0.6 is 116 Å². The van der Waals surface area contributed by atoms with Crippen LogP contribution in [-0.2, 0) is 8.67 Å². The Bertz CT molecular complexity index is 437. The first-order valence-corrected chi connectivity index (χ1v) is 8.50. The van der Waals surface area contributed by atoms with Crippen molar-refractivity contribution in [3.63, 3.8) is 0 Å². The van der Waals surface area contributed by atoms with Gasteiger partial charge in [0.25, 0.3) is 0 Å². The maximum absolute atomic E-state index is 6.12. The summed E-state index contributed by atoms with van der Waals surface area (Å²) in [5.41, 5.74) is 0.222. The molecule has 0 heterocycles. The second kappa shape index (κ2) is 6.55. The van der Waals surface area contributed by atoms with Gasteiger partial charge in [-0.1, -0.05) is 140 Å². The zero-order valence-electron chi connectivity index (χ0n) is 9.09. The van der Waals surface area contributed by atoms with Gasteiger partial charge in [-0.05, 0) is 11.1 Å². The van der Waals surface area contributed by atoms with E-state index >= 15 is 0 Å². The van der Waals surface area contributed by atoms with Crippen LogP contribution in [0.3, 0.4) is 0 Å². The predicted molar refractivity (Wildman–Crippen MR) is 93.8 cm³/mol. The van der Waals surface area contributed by atoms with Crippen molar-refractivity contribution in [1.29, 1.82) is 0 Å². The fourth-order valence-corrected chi connectivity index (χ4v) is 2.61. The van der Waals surface area contributed by atoms with Crippen LogP contribution in [0.25, 0.3) is 0 Å². The Morgan fingerprint density at radius 3 is 0.950 bits per heavy atom. The number of hydrogen-bond donors (Lipinski definition) is 0. The lowest BCUT2D eigenvalue weighted by molar-refractivity contribution is 0.802. The molecule has 20 heavy (non-hydrogen) atoms. The molecule has 0 atom stereocenters. The number of hydrogen-bond acceptors (Lipinski definition) is 0. The van der Waals surface area contributed by atoms with Gasteiger partial charge in [-0.25, -0.2) is 0 Å². The number of halogens is 10. The van der Waals surface area contributed by atoms with E-state index in [2.05, 4.69) is 0 Å². The molecule has 0 bridgehead atoms. The van der Waals surface area contributed by atoms with E-state index in [-0.39, 0.29) is 11.1 Å². The van der Waals surface area contributed by atoms with Gasteiger partial charge in [-0.3, -0.25) is 0 Å². The van der Waals surface area contributed by atoms with Crippen molar-refractivity contribution in [2.45, 2.75) is 16.3 Å². The average Bonchev–Trinajstić information content (AvgIpc) is 2.26. The van der Waals surface area contributed by atoms with Gasteiger partial charge in [0, 0.05) is 0 Å². The minimum Gasteiger partial charge on any atom is -0.0915 e. The molecule has 0 unspecified atom stereocenters. The quantitative estimate of drug-likeness (QED) is 0.382. The maximum atomic E-state index is 6.12. The van der Waals surface area contributed by atoms with Crippen LogP contribution < -0.4 is 0 Å². The van der Waals surface area contributed by atoms with Crippen LogP contribution in [-0.4, -0.2) is 7.59 Å². The summed E-state index contributed by atoms with van der Waals surface area (Å²) in [4.78, 5) is 0. The van der Waals surface area contributed by atoms with E-state index in [9.17, 15) is 0 Å². The van der Waals surface area contributed by atoms with Crippen molar-refractivity contribution in [3.05, 3.63) is 35.4 Å². The lowest BCUT2D eigenvalue weighted by atomic mass is 10.0. The van der Waals surface area contributed by atoms with Gasteiger partial charge in [0.1, 0.15) is 0 Å². The molecule has 0 radical (unpaired) electrons. The van der Waals surface area contributed by atoms with Crippen LogP contribution in [0.4, 0.5) is 0 Å². The van der Waals surface area contributed by atoms with E-state index < -0.39 is 16.3 Å². The molecule has 114 valence electrons. The highest BCUT2D eigenvalue weighted by molar-refractivity contribution is 6.76. The Hall–Kier alpha value is 2.12. The van der Waals surface area contributed by atoms with Crippen molar-refractivity contribution in [2.75, 3.05) is 0 Å². The first-order valence-electron chi connectivity index (χ1n) is 4.72. The fourth-order valence-electron chi connectivity index (χ4n) is 1.34. The first kappa shape index (κ1) is 20.2. The Balaban J connectivity index is 3.55. The highest BCUT2D eigenvalue weighted by Gasteiger charge is 2.54. The first-order chi connectivity index (χ1) is 8.73. The van der Waals surface area contributed by atoms with E-state index in [1.807, 2.05) is 0 Å². The fraction of sp³-hybridized carbons (Fsp3) is 0.400. The second-order valence-electron chi connectivity index (χ2n) is 3.69. The minimum absolute atomic E-state index is 0.111. The predicted octanol–water partition coefficient (Wildman–Crippen LogP) is 7.69. The molecule has 10 heteroatoms. The number of rotatable bonds is 2. The standard InChI is InChI=1S/C10H4Cl10/c11-7(12,9(15,16)17)5-3-1-2-4-6(5)8(13,14)10(18,19)20/h1-4H. The molecule has 0 N–H and O–H groups in total. The maximum Gasteiger partial charge on any atom is 0.227 e. The molecule has 0 fully saturated rings. The zero-order valence-corrected chi connectivity index (χ0v) is 16.6. The molecule has 0 aliphatic carbocycles. The molecular weight excluding hydrogens is 475 g/mol. The monoisotopic (exact) mass is 474 g/mol. The van der Waals surface area contributed by atoms with Crippen molar-refractivity contribution >= 4 is 116 Å². The molecule has 0 saturated heterocycles. The summed E-state index contributed by atoms with van der Waals surface area (Å²) in [6.07, 6.45) is 0. The van der Waals surface area contributed by atoms with Crippen LogP contribution in [0, 0.1) is 0 Å². The molecule has 0 aromatic heterocycles. The molecule has 0 amide bonds. The van der Waals surface area contributed by atoms with Gasteiger partial charge < -0.3 is 0 Å². The minimum atomic E-state index is -2.07. The van der Waals surface area contributed by atoms with E-state index in [1.54, 1.807) is 12.1 Å². The summed E-state index contributed by atoms with van der Waals surface area (Å²) in [5, 5.41) is 0. The molecule has 1 rings (SSSR count). The van der Waals surface area contributed by atoms with Crippen LogP contribution in [0.5, 0.6) is 0 Å².